The summed E-state index contributed by atoms with van der Waals surface area (Å²) in [6, 6.07) is 5.71. The van der Waals surface area contributed by atoms with Crippen molar-refractivity contribution < 1.29 is 4.79 Å². The number of amides is 1. The maximum Gasteiger partial charge on any atom is 0.275 e. The molecule has 0 atom stereocenters. The molecule has 3 rings (SSSR count). The molecule has 1 amide bonds. The fourth-order valence-electron chi connectivity index (χ4n) is 2.48. The van der Waals surface area contributed by atoms with Crippen molar-refractivity contribution in [2.24, 2.45) is 0 Å². The number of nitrogens with one attached hydrogen (secondary N) is 1. The number of rotatable bonds is 3. The number of nitrogens with zero attached hydrogens (tertiary/aromatic N) is 3. The van der Waals surface area contributed by atoms with Crippen LogP contribution in [-0.4, -0.2) is 20.7 Å². The van der Waals surface area contributed by atoms with Crippen LogP contribution < -0.4 is 5.32 Å². The molecule has 5 heteroatoms. The van der Waals surface area contributed by atoms with Gasteiger partial charge in [-0.25, -0.2) is 0 Å². The third-order valence-corrected chi connectivity index (χ3v) is 3.62. The predicted octanol–water partition coefficient (Wildman–Crippen LogP) is 2.43. The van der Waals surface area contributed by atoms with Gasteiger partial charge in [0.1, 0.15) is 5.69 Å². The van der Waals surface area contributed by atoms with Crippen LogP contribution in [0.2, 0.25) is 0 Å². The van der Waals surface area contributed by atoms with Crippen molar-refractivity contribution in [1.29, 1.82) is 0 Å². The second-order valence-electron chi connectivity index (χ2n) is 5.06. The average Bonchev–Trinajstić information content (AvgIpc) is 2.89. The summed E-state index contributed by atoms with van der Waals surface area (Å²) in [5, 5.41) is 7.25. The SMILES string of the molecule is CCc1ccnc(C(=O)Nc2cc3n(n2)CCCC3)c1. The van der Waals surface area contributed by atoms with Crippen LogP contribution in [0.5, 0.6) is 0 Å². The molecule has 0 unspecified atom stereocenters. The molecule has 5 nitrogen and oxygen atoms in total. The van der Waals surface area contributed by atoms with E-state index in [1.165, 1.54) is 12.1 Å². The van der Waals surface area contributed by atoms with Crippen LogP contribution >= 0.6 is 0 Å². The lowest BCUT2D eigenvalue weighted by Gasteiger charge is -2.11. The quantitative estimate of drug-likeness (QED) is 0.931. The summed E-state index contributed by atoms with van der Waals surface area (Å²) in [5.41, 5.74) is 2.74. The molecule has 20 heavy (non-hydrogen) atoms. The normalized spacial score (nSPS) is 13.8. The number of aryl methyl sites for hydroxylation is 3. The zero-order valence-electron chi connectivity index (χ0n) is 11.6. The highest BCUT2D eigenvalue weighted by Crippen LogP contribution is 2.18. The summed E-state index contributed by atoms with van der Waals surface area (Å²) in [6.45, 7) is 3.00. The van der Waals surface area contributed by atoms with Crippen molar-refractivity contribution in [3.05, 3.63) is 41.3 Å². The zero-order valence-corrected chi connectivity index (χ0v) is 11.6. The molecule has 3 heterocycles. The Kier molecular flexibility index (Phi) is 3.50. The van der Waals surface area contributed by atoms with E-state index in [-0.39, 0.29) is 5.91 Å². The largest absolute Gasteiger partial charge is 0.304 e. The molecule has 0 aliphatic carbocycles. The first-order chi connectivity index (χ1) is 9.76. The van der Waals surface area contributed by atoms with Crippen LogP contribution in [0.4, 0.5) is 5.82 Å². The lowest BCUT2D eigenvalue weighted by Crippen LogP contribution is -2.15. The van der Waals surface area contributed by atoms with Crippen LogP contribution in [0, 0.1) is 0 Å². The molecule has 0 fully saturated rings. The first kappa shape index (κ1) is 12.8. The van der Waals surface area contributed by atoms with Gasteiger partial charge in [-0.1, -0.05) is 6.92 Å². The van der Waals surface area contributed by atoms with Gasteiger partial charge in [-0.3, -0.25) is 14.5 Å². The van der Waals surface area contributed by atoms with Crippen LogP contribution in [-0.2, 0) is 19.4 Å². The van der Waals surface area contributed by atoms with E-state index in [4.69, 9.17) is 0 Å². The minimum atomic E-state index is -0.198. The van der Waals surface area contributed by atoms with Crippen molar-refractivity contribution in [2.75, 3.05) is 5.32 Å². The Labute approximate surface area is 118 Å². The monoisotopic (exact) mass is 270 g/mol. The maximum absolute atomic E-state index is 12.2. The topological polar surface area (TPSA) is 59.8 Å². The first-order valence-corrected chi connectivity index (χ1v) is 7.09. The van der Waals surface area contributed by atoms with Gasteiger partial charge in [0, 0.05) is 24.5 Å². The van der Waals surface area contributed by atoms with Crippen LogP contribution in [0.1, 0.15) is 41.5 Å². The van der Waals surface area contributed by atoms with Gasteiger partial charge in [0.05, 0.1) is 0 Å². The van der Waals surface area contributed by atoms with E-state index in [0.717, 1.165) is 31.4 Å². The van der Waals surface area contributed by atoms with Gasteiger partial charge >= 0.3 is 0 Å². The first-order valence-electron chi connectivity index (χ1n) is 7.09. The molecule has 1 aliphatic rings. The molecule has 0 aromatic carbocycles. The fraction of sp³-hybridized carbons (Fsp3) is 0.400. The highest BCUT2D eigenvalue weighted by molar-refractivity contribution is 6.02. The predicted molar refractivity (Wildman–Crippen MR) is 76.7 cm³/mol. The molecule has 1 aliphatic heterocycles. The second kappa shape index (κ2) is 5.45. The summed E-state index contributed by atoms with van der Waals surface area (Å²) in [6.07, 6.45) is 5.95. The van der Waals surface area contributed by atoms with Gasteiger partial charge < -0.3 is 5.32 Å². The Morgan fingerprint density at radius 1 is 1.40 bits per heavy atom. The van der Waals surface area contributed by atoms with E-state index >= 15 is 0 Å². The van der Waals surface area contributed by atoms with Gasteiger partial charge in [0.15, 0.2) is 5.82 Å². The van der Waals surface area contributed by atoms with Crippen molar-refractivity contribution >= 4 is 11.7 Å². The van der Waals surface area contributed by atoms with Gasteiger partial charge in [0.2, 0.25) is 0 Å². The van der Waals surface area contributed by atoms with Gasteiger partial charge in [-0.15, -0.1) is 0 Å². The summed E-state index contributed by atoms with van der Waals surface area (Å²) in [7, 11) is 0. The number of hydrogen-bond donors (Lipinski definition) is 1. The second-order valence-corrected chi connectivity index (χ2v) is 5.06. The molecular formula is C15H18N4O. The highest BCUT2D eigenvalue weighted by atomic mass is 16.1. The maximum atomic E-state index is 12.2. The molecule has 0 radical (unpaired) electrons. The van der Waals surface area contributed by atoms with Gasteiger partial charge in [-0.05, 0) is 43.4 Å². The van der Waals surface area contributed by atoms with E-state index in [9.17, 15) is 4.79 Å². The number of aromatic nitrogens is 3. The standard InChI is InChI=1S/C15H18N4O/c1-2-11-6-7-16-13(9-11)15(20)17-14-10-12-5-3-4-8-19(12)18-14/h6-7,9-10H,2-5,8H2,1H3,(H,17,18,20). The molecule has 2 aromatic heterocycles. The molecule has 0 saturated heterocycles. The molecule has 2 aromatic rings. The van der Waals surface area contributed by atoms with Crippen molar-refractivity contribution in [1.82, 2.24) is 14.8 Å². The molecule has 1 N–H and O–H groups in total. The third-order valence-electron chi connectivity index (χ3n) is 3.62. The Hall–Kier alpha value is -2.17. The van der Waals surface area contributed by atoms with Crippen molar-refractivity contribution in [2.45, 2.75) is 39.2 Å². The third kappa shape index (κ3) is 2.57. The summed E-state index contributed by atoms with van der Waals surface area (Å²) >= 11 is 0. The van der Waals surface area contributed by atoms with Crippen LogP contribution in [0.3, 0.4) is 0 Å². The summed E-state index contributed by atoms with van der Waals surface area (Å²) in [5.74, 6) is 0.423. The van der Waals surface area contributed by atoms with Crippen LogP contribution in [0.15, 0.2) is 24.4 Å². The molecule has 0 bridgehead atoms. The lowest BCUT2D eigenvalue weighted by molar-refractivity contribution is 0.102. The number of anilines is 1. The number of carbonyl (C=O) groups is 1. The van der Waals surface area contributed by atoms with E-state index < -0.39 is 0 Å². The Morgan fingerprint density at radius 3 is 3.10 bits per heavy atom. The fourth-order valence-corrected chi connectivity index (χ4v) is 2.48. The number of fused-ring (bicyclic) bond motifs is 1. The van der Waals surface area contributed by atoms with Gasteiger partial charge in [0.25, 0.3) is 5.91 Å². The smallest absolute Gasteiger partial charge is 0.275 e. The Bertz CT molecular complexity index is 609. The number of pyridine rings is 1. The molecule has 104 valence electrons. The van der Waals surface area contributed by atoms with E-state index in [1.54, 1.807) is 6.20 Å². The number of carbonyl (C=O) groups excluding carboxylic acids is 1. The van der Waals surface area contributed by atoms with E-state index in [2.05, 4.69) is 22.3 Å². The highest BCUT2D eigenvalue weighted by Gasteiger charge is 2.15. The Balaban J connectivity index is 1.76. The van der Waals surface area contributed by atoms with Crippen LogP contribution in [0.25, 0.3) is 0 Å². The minimum absolute atomic E-state index is 0.198. The molecule has 0 saturated carbocycles. The minimum Gasteiger partial charge on any atom is -0.304 e. The average molecular weight is 270 g/mol. The Morgan fingerprint density at radius 2 is 2.30 bits per heavy atom. The molecular weight excluding hydrogens is 252 g/mol. The zero-order chi connectivity index (χ0) is 13.9. The lowest BCUT2D eigenvalue weighted by atomic mass is 10.1. The summed E-state index contributed by atoms with van der Waals surface area (Å²) in [4.78, 5) is 16.3. The van der Waals surface area contributed by atoms with Gasteiger partial charge in [-0.2, -0.15) is 5.10 Å². The van der Waals surface area contributed by atoms with Crippen molar-refractivity contribution in [3.63, 3.8) is 0 Å². The van der Waals surface area contributed by atoms with Crippen molar-refractivity contribution in [3.8, 4) is 0 Å². The number of hydrogen-bond acceptors (Lipinski definition) is 3. The van der Waals surface area contributed by atoms with E-state index in [1.807, 2.05) is 22.9 Å². The van der Waals surface area contributed by atoms with E-state index in [0.29, 0.717) is 11.5 Å². The summed E-state index contributed by atoms with van der Waals surface area (Å²) < 4.78 is 1.98. The molecule has 0 spiro atoms.